The first-order valence-corrected chi connectivity index (χ1v) is 6.47. The molecular weight excluding hydrogens is 228 g/mol. The van der Waals surface area contributed by atoms with Crippen LogP contribution in [-0.2, 0) is 6.54 Å². The smallest absolute Gasteiger partial charge is 0.127 e. The van der Waals surface area contributed by atoms with Gasteiger partial charge in [-0.1, -0.05) is 6.07 Å². The lowest BCUT2D eigenvalue weighted by molar-refractivity contribution is 0.278. The van der Waals surface area contributed by atoms with Crippen LogP contribution in [0.25, 0.3) is 0 Å². The summed E-state index contributed by atoms with van der Waals surface area (Å²) in [6.45, 7) is 5.36. The molecule has 1 aliphatic rings. The monoisotopic (exact) mass is 250 g/mol. The Morgan fingerprint density at radius 2 is 2.06 bits per heavy atom. The number of rotatable bonds is 4. The van der Waals surface area contributed by atoms with Crippen molar-refractivity contribution < 1.29 is 9.47 Å². The van der Waals surface area contributed by atoms with E-state index in [4.69, 9.17) is 9.47 Å². The van der Waals surface area contributed by atoms with Crippen molar-refractivity contribution in [2.45, 2.75) is 13.0 Å². The second-order valence-electron chi connectivity index (χ2n) is 4.56. The minimum absolute atomic E-state index is 0.841. The number of methoxy groups -OCH3 is 2. The molecule has 0 radical (unpaired) electrons. The van der Waals surface area contributed by atoms with Crippen LogP contribution in [0, 0.1) is 0 Å². The first kappa shape index (κ1) is 13.2. The summed E-state index contributed by atoms with van der Waals surface area (Å²) in [4.78, 5) is 2.46. The van der Waals surface area contributed by atoms with Gasteiger partial charge < -0.3 is 14.8 Å². The van der Waals surface area contributed by atoms with Crippen molar-refractivity contribution in [3.05, 3.63) is 23.8 Å². The van der Waals surface area contributed by atoms with Crippen molar-refractivity contribution in [2.75, 3.05) is 40.4 Å². The lowest BCUT2D eigenvalue weighted by Gasteiger charge is -2.21. The predicted octanol–water partition coefficient (Wildman–Crippen LogP) is 1.50. The molecule has 2 rings (SSSR count). The molecule has 0 atom stereocenters. The van der Waals surface area contributed by atoms with E-state index in [0.717, 1.165) is 44.2 Å². The zero-order valence-corrected chi connectivity index (χ0v) is 11.2. The summed E-state index contributed by atoms with van der Waals surface area (Å²) in [5.41, 5.74) is 1.22. The van der Waals surface area contributed by atoms with Gasteiger partial charge >= 0.3 is 0 Å². The van der Waals surface area contributed by atoms with E-state index in [1.807, 2.05) is 12.1 Å². The fourth-order valence-electron chi connectivity index (χ4n) is 2.28. The number of ether oxygens (including phenoxy) is 2. The molecule has 18 heavy (non-hydrogen) atoms. The second kappa shape index (κ2) is 6.61. The Bertz CT molecular complexity index is 374. The fourth-order valence-corrected chi connectivity index (χ4v) is 2.28. The zero-order chi connectivity index (χ0) is 12.8. The van der Waals surface area contributed by atoms with Crippen molar-refractivity contribution in [3.8, 4) is 11.5 Å². The van der Waals surface area contributed by atoms with Gasteiger partial charge in [0, 0.05) is 31.3 Å². The summed E-state index contributed by atoms with van der Waals surface area (Å²) < 4.78 is 10.7. The number of nitrogens with zero attached hydrogens (tertiary/aromatic N) is 1. The van der Waals surface area contributed by atoms with Gasteiger partial charge in [-0.15, -0.1) is 0 Å². The Balaban J connectivity index is 2.07. The van der Waals surface area contributed by atoms with Gasteiger partial charge in [-0.3, -0.25) is 4.90 Å². The normalized spacial score (nSPS) is 17.2. The molecule has 0 unspecified atom stereocenters. The van der Waals surface area contributed by atoms with E-state index in [0.29, 0.717) is 0 Å². The average molecular weight is 250 g/mol. The lowest BCUT2D eigenvalue weighted by Crippen LogP contribution is -2.27. The van der Waals surface area contributed by atoms with E-state index in [2.05, 4.69) is 16.3 Å². The van der Waals surface area contributed by atoms with E-state index in [9.17, 15) is 0 Å². The number of benzene rings is 1. The Kier molecular flexibility index (Phi) is 4.84. The van der Waals surface area contributed by atoms with Gasteiger partial charge in [0.05, 0.1) is 14.2 Å². The van der Waals surface area contributed by atoms with Crippen LogP contribution in [0.5, 0.6) is 11.5 Å². The van der Waals surface area contributed by atoms with Gasteiger partial charge in [0.15, 0.2) is 0 Å². The third-order valence-electron chi connectivity index (χ3n) is 3.32. The van der Waals surface area contributed by atoms with Crippen LogP contribution in [0.2, 0.25) is 0 Å². The van der Waals surface area contributed by atoms with E-state index < -0.39 is 0 Å². The fraction of sp³-hybridized carbons (Fsp3) is 0.571. The van der Waals surface area contributed by atoms with E-state index in [1.54, 1.807) is 14.2 Å². The van der Waals surface area contributed by atoms with E-state index in [1.165, 1.54) is 12.0 Å². The Hall–Kier alpha value is -1.26. The van der Waals surface area contributed by atoms with Gasteiger partial charge in [-0.25, -0.2) is 0 Å². The SMILES string of the molecule is COc1ccc(CN2CCCNCC2)c(OC)c1. The highest BCUT2D eigenvalue weighted by atomic mass is 16.5. The largest absolute Gasteiger partial charge is 0.497 e. The predicted molar refractivity (Wildman–Crippen MR) is 72.3 cm³/mol. The van der Waals surface area contributed by atoms with Crippen molar-refractivity contribution in [1.29, 1.82) is 0 Å². The summed E-state index contributed by atoms with van der Waals surface area (Å²) >= 11 is 0. The van der Waals surface area contributed by atoms with Crippen molar-refractivity contribution in [2.24, 2.45) is 0 Å². The van der Waals surface area contributed by atoms with Crippen LogP contribution in [0.3, 0.4) is 0 Å². The van der Waals surface area contributed by atoms with Crippen LogP contribution in [-0.4, -0.2) is 45.3 Å². The molecule has 1 fully saturated rings. The van der Waals surface area contributed by atoms with Gasteiger partial charge in [-0.05, 0) is 25.6 Å². The molecule has 1 aromatic carbocycles. The van der Waals surface area contributed by atoms with Crippen LogP contribution in [0.1, 0.15) is 12.0 Å². The highest BCUT2D eigenvalue weighted by Gasteiger charge is 2.12. The van der Waals surface area contributed by atoms with Gasteiger partial charge in [0.1, 0.15) is 11.5 Å². The van der Waals surface area contributed by atoms with Crippen LogP contribution >= 0.6 is 0 Å². The first-order valence-electron chi connectivity index (χ1n) is 6.47. The summed E-state index contributed by atoms with van der Waals surface area (Å²) in [6.07, 6.45) is 1.21. The molecular formula is C14H22N2O2. The third-order valence-corrected chi connectivity index (χ3v) is 3.32. The number of hydrogen-bond donors (Lipinski definition) is 1. The minimum atomic E-state index is 0.841. The molecule has 1 aromatic rings. The maximum Gasteiger partial charge on any atom is 0.127 e. The minimum Gasteiger partial charge on any atom is -0.497 e. The lowest BCUT2D eigenvalue weighted by atomic mass is 10.1. The molecule has 1 heterocycles. The quantitative estimate of drug-likeness (QED) is 0.878. The molecule has 0 aromatic heterocycles. The maximum atomic E-state index is 5.44. The number of nitrogens with one attached hydrogen (secondary N) is 1. The Morgan fingerprint density at radius 3 is 2.83 bits per heavy atom. The maximum absolute atomic E-state index is 5.44. The topological polar surface area (TPSA) is 33.7 Å². The second-order valence-corrected chi connectivity index (χ2v) is 4.56. The molecule has 0 aliphatic carbocycles. The Morgan fingerprint density at radius 1 is 1.17 bits per heavy atom. The molecule has 0 spiro atoms. The molecule has 0 saturated carbocycles. The van der Waals surface area contributed by atoms with E-state index >= 15 is 0 Å². The number of hydrogen-bond acceptors (Lipinski definition) is 4. The van der Waals surface area contributed by atoms with Gasteiger partial charge in [0.2, 0.25) is 0 Å². The highest BCUT2D eigenvalue weighted by molar-refractivity contribution is 5.40. The summed E-state index contributed by atoms with van der Waals surface area (Å²) in [6, 6.07) is 6.04. The van der Waals surface area contributed by atoms with Crippen molar-refractivity contribution >= 4 is 0 Å². The van der Waals surface area contributed by atoms with Gasteiger partial charge in [-0.2, -0.15) is 0 Å². The first-order chi connectivity index (χ1) is 8.83. The summed E-state index contributed by atoms with van der Waals surface area (Å²) in [5.74, 6) is 1.75. The highest BCUT2D eigenvalue weighted by Crippen LogP contribution is 2.25. The summed E-state index contributed by atoms with van der Waals surface area (Å²) in [7, 11) is 3.39. The standard InChI is InChI=1S/C14H22N2O2/c1-17-13-5-4-12(14(10-13)18-2)11-16-8-3-6-15-7-9-16/h4-5,10,15H,3,6-9,11H2,1-2H3. The van der Waals surface area contributed by atoms with Crippen LogP contribution < -0.4 is 14.8 Å². The molecule has 4 nitrogen and oxygen atoms in total. The van der Waals surface area contributed by atoms with Crippen LogP contribution in [0.15, 0.2) is 18.2 Å². The molecule has 4 heteroatoms. The van der Waals surface area contributed by atoms with Crippen LogP contribution in [0.4, 0.5) is 0 Å². The Labute approximate surface area is 109 Å². The van der Waals surface area contributed by atoms with E-state index in [-0.39, 0.29) is 0 Å². The summed E-state index contributed by atoms with van der Waals surface area (Å²) in [5, 5.41) is 3.42. The molecule has 0 amide bonds. The molecule has 1 aliphatic heterocycles. The molecule has 1 saturated heterocycles. The molecule has 0 bridgehead atoms. The molecule has 1 N–H and O–H groups in total. The molecule has 100 valence electrons. The average Bonchev–Trinajstić information content (AvgIpc) is 2.68. The third kappa shape index (κ3) is 3.37. The zero-order valence-electron chi connectivity index (χ0n) is 11.2. The van der Waals surface area contributed by atoms with Crippen molar-refractivity contribution in [3.63, 3.8) is 0 Å². The van der Waals surface area contributed by atoms with Crippen molar-refractivity contribution in [1.82, 2.24) is 10.2 Å². The van der Waals surface area contributed by atoms with Gasteiger partial charge in [0.25, 0.3) is 0 Å².